The van der Waals surface area contributed by atoms with Crippen LogP contribution in [0.25, 0.3) is 0 Å². The molecule has 76 heavy (non-hydrogen) atoms. The zero-order chi connectivity index (χ0) is 54.7. The van der Waals surface area contributed by atoms with Crippen LogP contribution in [0.1, 0.15) is 249 Å². The highest BCUT2D eigenvalue weighted by Gasteiger charge is 2.64. The zero-order valence-electron chi connectivity index (χ0n) is 51.9. The Balaban J connectivity index is 0.000000221. The number of unbranched alkanes of at least 4 members (excludes halogenated alkanes) is 2. The predicted octanol–water partition coefficient (Wildman–Crippen LogP) is 13.5. The number of nitrogens with one attached hydrogen (secondary N) is 4. The number of hydrogen-bond acceptors (Lipinski definition) is 8. The first-order chi connectivity index (χ1) is 36.4. The van der Waals surface area contributed by atoms with Gasteiger partial charge in [0.2, 0.25) is 0 Å². The van der Waals surface area contributed by atoms with E-state index in [9.17, 15) is 10.2 Å². The van der Waals surface area contributed by atoms with Gasteiger partial charge in [0.25, 0.3) is 0 Å². The Bertz CT molecular complexity index is 1550. The Kier molecular flexibility index (Phi) is 24.4. The molecule has 8 aliphatic carbocycles. The molecule has 0 aromatic rings. The maximum atomic E-state index is 11.7. The molecule has 0 aromatic heterocycles. The van der Waals surface area contributed by atoms with Crippen molar-refractivity contribution in [3.63, 3.8) is 0 Å². The molecule has 8 saturated carbocycles. The monoisotopic (exact) mass is 1060 g/mol. The molecule has 0 spiro atoms. The third kappa shape index (κ3) is 14.9. The fourth-order valence-corrected chi connectivity index (χ4v) is 20.9. The fraction of sp³-hybridized carbons (Fsp3) is 1.00. The summed E-state index contributed by atoms with van der Waals surface area (Å²) >= 11 is 0. The highest BCUT2D eigenvalue weighted by Crippen LogP contribution is 2.70. The quantitative estimate of drug-likeness (QED) is 0.0362. The summed E-state index contributed by atoms with van der Waals surface area (Å²) in [5.41, 5.74) is 13.0. The minimum atomic E-state index is -0.0748. The third-order valence-electron chi connectivity index (χ3n) is 25.3. The lowest BCUT2D eigenvalue weighted by molar-refractivity contribution is -0.167. The molecule has 0 heterocycles. The molecular formula is C68H130N6O2. The molecule has 8 rings (SSSR count). The summed E-state index contributed by atoms with van der Waals surface area (Å²) in [6, 6.07) is 1.29. The van der Waals surface area contributed by atoms with E-state index >= 15 is 0 Å². The number of aliphatic hydroxyl groups excluding tert-OH is 2. The molecular weight excluding hydrogens is 933 g/mol. The van der Waals surface area contributed by atoms with E-state index in [1.165, 1.54) is 154 Å². The van der Waals surface area contributed by atoms with E-state index in [0.29, 0.717) is 57.4 Å². The number of rotatable bonds is 28. The predicted molar refractivity (Wildman–Crippen MR) is 324 cm³/mol. The number of aliphatic hydroxyl groups is 2. The second-order valence-corrected chi connectivity index (χ2v) is 30.7. The molecule has 8 nitrogen and oxygen atoms in total. The van der Waals surface area contributed by atoms with Crippen LogP contribution in [-0.4, -0.2) is 86.9 Å². The van der Waals surface area contributed by atoms with E-state index < -0.39 is 0 Å². The standard InChI is InChI=1S/2C34H65N3O/c2*1-24(2)10-8-11-25(3)28-12-13-29-32-30(15-17-34(28,29)5)33(4)16-14-27(22-26(33)23-31(32)38)37-21-9-20-36-19-7-6-18-35/h2*24-32,36-38H,6-23,35H2,1-5H3/t25?,26-,27+,28-,29?,30?,31-,32?,33+,34-;25?,26-,27-,28-,29?,30?,31-,32?,33+,34-/m11/s1. The van der Waals surface area contributed by atoms with Crippen molar-refractivity contribution in [1.29, 1.82) is 0 Å². The van der Waals surface area contributed by atoms with Gasteiger partial charge in [-0.1, -0.05) is 108 Å². The third-order valence-corrected chi connectivity index (χ3v) is 25.3. The van der Waals surface area contributed by atoms with Crippen LogP contribution in [0.2, 0.25) is 0 Å². The van der Waals surface area contributed by atoms with Crippen molar-refractivity contribution in [2.24, 2.45) is 116 Å². The molecule has 8 heteroatoms. The van der Waals surface area contributed by atoms with E-state index in [1.54, 1.807) is 0 Å². The lowest BCUT2D eigenvalue weighted by Crippen LogP contribution is -2.59. The molecule has 0 bridgehead atoms. The SMILES string of the molecule is CC(C)CCCC(C)[C@H]1CCC2C3C(CC[C@@]21C)[C@@]1(C)CC[C@@H](NCCCNCCCCN)C[C@@H]1C[C@H]3O.CC(C)CCCC(C)[C@H]1CCC2C3C(CC[C@@]21C)[C@@]1(C)CC[C@H](NCCCNCCCCN)C[C@@H]1C[C@H]3O. The Morgan fingerprint density at radius 2 is 0.776 bits per heavy atom. The Hall–Kier alpha value is -0.320. The van der Waals surface area contributed by atoms with Crippen molar-refractivity contribution in [2.45, 2.75) is 273 Å². The van der Waals surface area contributed by atoms with Crippen molar-refractivity contribution < 1.29 is 10.2 Å². The Morgan fingerprint density at radius 1 is 0.408 bits per heavy atom. The van der Waals surface area contributed by atoms with Gasteiger partial charge < -0.3 is 42.9 Å². The summed E-state index contributed by atoms with van der Waals surface area (Å²) in [5, 5.41) is 38.4. The fourth-order valence-electron chi connectivity index (χ4n) is 20.9. The van der Waals surface area contributed by atoms with Gasteiger partial charge in [0, 0.05) is 12.1 Å². The first-order valence-electron chi connectivity index (χ1n) is 34.1. The van der Waals surface area contributed by atoms with Gasteiger partial charge in [-0.05, 0) is 298 Å². The second kappa shape index (κ2) is 29.3. The van der Waals surface area contributed by atoms with Gasteiger partial charge in [-0.3, -0.25) is 0 Å². The van der Waals surface area contributed by atoms with Crippen molar-refractivity contribution in [2.75, 3.05) is 52.4 Å². The van der Waals surface area contributed by atoms with Crippen LogP contribution in [0.3, 0.4) is 0 Å². The van der Waals surface area contributed by atoms with E-state index in [-0.39, 0.29) is 12.2 Å². The minimum absolute atomic E-state index is 0.0748. The molecule has 0 radical (unpaired) electrons. The summed E-state index contributed by atoms with van der Waals surface area (Å²) in [6.45, 7) is 33.4. The van der Waals surface area contributed by atoms with Gasteiger partial charge in [-0.2, -0.15) is 0 Å². The molecule has 10 N–H and O–H groups in total. The average molecular weight is 1060 g/mol. The molecule has 0 amide bonds. The molecule has 0 aromatic carbocycles. The lowest BCUT2D eigenvalue weighted by Gasteiger charge is -2.62. The van der Waals surface area contributed by atoms with Gasteiger partial charge in [-0.25, -0.2) is 0 Å². The summed E-state index contributed by atoms with van der Waals surface area (Å²) in [5.74, 6) is 10.5. The smallest absolute Gasteiger partial charge is 0.0577 e. The van der Waals surface area contributed by atoms with Gasteiger partial charge in [0.15, 0.2) is 0 Å². The first-order valence-corrected chi connectivity index (χ1v) is 34.1. The highest BCUT2D eigenvalue weighted by atomic mass is 16.3. The first kappa shape index (κ1) is 63.3. The molecule has 0 saturated heterocycles. The lowest BCUT2D eigenvalue weighted by atomic mass is 9.43. The number of nitrogens with two attached hydrogens (primary N) is 2. The van der Waals surface area contributed by atoms with Crippen molar-refractivity contribution in [1.82, 2.24) is 21.3 Å². The summed E-state index contributed by atoms with van der Waals surface area (Å²) in [4.78, 5) is 0. The highest BCUT2D eigenvalue weighted by molar-refractivity contribution is 5.14. The molecule has 444 valence electrons. The Labute approximate surface area is 471 Å². The number of fused-ring (bicyclic) bond motifs is 10. The van der Waals surface area contributed by atoms with Crippen LogP contribution in [0.4, 0.5) is 0 Å². The van der Waals surface area contributed by atoms with Crippen LogP contribution in [-0.2, 0) is 0 Å². The van der Waals surface area contributed by atoms with Crippen LogP contribution < -0.4 is 32.7 Å². The Morgan fingerprint density at radius 3 is 1.16 bits per heavy atom. The molecule has 8 unspecified atom stereocenters. The number of hydrogen-bond donors (Lipinski definition) is 8. The summed E-state index contributed by atoms with van der Waals surface area (Å²) in [7, 11) is 0. The molecule has 0 aliphatic heterocycles. The van der Waals surface area contributed by atoms with Crippen LogP contribution >= 0.6 is 0 Å². The van der Waals surface area contributed by atoms with Gasteiger partial charge in [0.05, 0.1) is 12.2 Å². The van der Waals surface area contributed by atoms with E-state index in [2.05, 4.69) is 90.5 Å². The van der Waals surface area contributed by atoms with Crippen LogP contribution in [0.5, 0.6) is 0 Å². The van der Waals surface area contributed by atoms with E-state index in [0.717, 1.165) is 137 Å². The van der Waals surface area contributed by atoms with E-state index in [4.69, 9.17) is 11.5 Å². The largest absolute Gasteiger partial charge is 0.393 e. The van der Waals surface area contributed by atoms with Gasteiger partial charge >= 0.3 is 0 Å². The topological polar surface area (TPSA) is 141 Å². The second-order valence-electron chi connectivity index (χ2n) is 30.7. The van der Waals surface area contributed by atoms with Crippen molar-refractivity contribution in [3.05, 3.63) is 0 Å². The summed E-state index contributed by atoms with van der Waals surface area (Å²) < 4.78 is 0. The normalized spacial score (nSPS) is 41.5. The molecule has 20 atom stereocenters. The van der Waals surface area contributed by atoms with Crippen molar-refractivity contribution in [3.8, 4) is 0 Å². The molecule has 8 fully saturated rings. The maximum absolute atomic E-state index is 11.7. The zero-order valence-corrected chi connectivity index (χ0v) is 51.9. The van der Waals surface area contributed by atoms with Crippen molar-refractivity contribution >= 4 is 0 Å². The maximum Gasteiger partial charge on any atom is 0.0577 e. The van der Waals surface area contributed by atoms with Crippen LogP contribution in [0.15, 0.2) is 0 Å². The van der Waals surface area contributed by atoms with E-state index in [1.807, 2.05) is 0 Å². The van der Waals surface area contributed by atoms with Gasteiger partial charge in [-0.15, -0.1) is 0 Å². The minimum Gasteiger partial charge on any atom is -0.393 e. The average Bonchev–Trinajstić information content (AvgIpc) is 4.01. The summed E-state index contributed by atoms with van der Waals surface area (Å²) in [6.07, 6.45) is 36.4. The molecule has 8 aliphatic rings. The van der Waals surface area contributed by atoms with Crippen LogP contribution in [0, 0.1) is 105 Å². The van der Waals surface area contributed by atoms with Gasteiger partial charge in [0.1, 0.15) is 0 Å².